The number of esters is 1. The molecule has 0 aliphatic heterocycles. The number of methoxy groups -OCH3 is 1. The maximum absolute atomic E-state index is 11.3. The number of carbonyl (C=O) groups is 1. The van der Waals surface area contributed by atoms with E-state index in [2.05, 4.69) is 10.1 Å². The summed E-state index contributed by atoms with van der Waals surface area (Å²) in [6.45, 7) is -0.324. The van der Waals surface area contributed by atoms with Gasteiger partial charge in [0.05, 0.1) is 7.11 Å². The van der Waals surface area contributed by atoms with Crippen molar-refractivity contribution in [3.63, 3.8) is 0 Å². The number of nitro groups is 1. The molecule has 0 bridgehead atoms. The molecule has 0 heterocycles. The van der Waals surface area contributed by atoms with Gasteiger partial charge in [0.15, 0.2) is 11.6 Å². The van der Waals surface area contributed by atoms with Gasteiger partial charge in [0, 0.05) is 17.8 Å². The van der Waals surface area contributed by atoms with Crippen molar-refractivity contribution in [2.45, 2.75) is 18.5 Å². The maximum Gasteiger partial charge on any atom is 0.346 e. The number of hydrogen-bond acceptors (Lipinski definition) is 6. The summed E-state index contributed by atoms with van der Waals surface area (Å²) >= 11 is 0. The fourth-order valence-corrected chi connectivity index (χ4v) is 1.13. The average molecular weight is 233 g/mol. The molecule has 0 aromatic carbocycles. The number of hydrogen-bond donors (Lipinski definition) is 4. The standard InChI is InChI=1S/C7H15N5O4/c1-16-5(13)7(10,11-6(8)9)3-2-4-12(14)15/h2-4,10H2,1H3,(H4,8,9,11)/t7-/m0/s1. The van der Waals surface area contributed by atoms with Crippen LogP contribution >= 0.6 is 0 Å². The summed E-state index contributed by atoms with van der Waals surface area (Å²) in [4.78, 5) is 20.9. The Morgan fingerprint density at radius 3 is 2.62 bits per heavy atom. The highest BCUT2D eigenvalue weighted by Gasteiger charge is 2.35. The molecule has 0 rings (SSSR count). The molecule has 0 amide bonds. The minimum Gasteiger partial charge on any atom is -0.466 e. The third kappa shape index (κ3) is 4.55. The Morgan fingerprint density at radius 2 is 2.25 bits per heavy atom. The lowest BCUT2D eigenvalue weighted by Crippen LogP contribution is -2.63. The van der Waals surface area contributed by atoms with Gasteiger partial charge in [-0.25, -0.2) is 4.79 Å². The first-order chi connectivity index (χ1) is 7.31. The van der Waals surface area contributed by atoms with Gasteiger partial charge < -0.3 is 15.8 Å². The molecule has 0 aliphatic rings. The van der Waals surface area contributed by atoms with E-state index in [9.17, 15) is 14.9 Å². The van der Waals surface area contributed by atoms with Gasteiger partial charge in [0.25, 0.3) is 0 Å². The predicted octanol–water partition coefficient (Wildman–Crippen LogP) is -1.65. The number of nitrogens with one attached hydrogen (secondary N) is 2. The second-order valence-electron chi connectivity index (χ2n) is 3.16. The zero-order valence-electron chi connectivity index (χ0n) is 8.86. The molecule has 1 atom stereocenters. The number of nitrogens with zero attached hydrogens (tertiary/aromatic N) is 1. The molecule has 0 unspecified atom stereocenters. The normalized spacial score (nSPS) is 13.6. The van der Waals surface area contributed by atoms with Crippen LogP contribution in [0.2, 0.25) is 0 Å². The lowest BCUT2D eigenvalue weighted by atomic mass is 10.1. The van der Waals surface area contributed by atoms with Gasteiger partial charge in [-0.3, -0.25) is 21.3 Å². The van der Waals surface area contributed by atoms with Crippen LogP contribution in [0.25, 0.3) is 0 Å². The van der Waals surface area contributed by atoms with Crippen LogP contribution < -0.4 is 16.8 Å². The van der Waals surface area contributed by atoms with Crippen LogP contribution in [0.4, 0.5) is 0 Å². The van der Waals surface area contributed by atoms with Gasteiger partial charge in [0.1, 0.15) is 0 Å². The number of nitrogens with two attached hydrogens (primary N) is 2. The summed E-state index contributed by atoms with van der Waals surface area (Å²) in [5.74, 6) is -1.33. The molecule has 9 heteroatoms. The number of carbonyl (C=O) groups excluding carboxylic acids is 1. The molecule has 92 valence electrons. The van der Waals surface area contributed by atoms with Gasteiger partial charge in [0.2, 0.25) is 6.54 Å². The first-order valence-corrected chi connectivity index (χ1v) is 4.43. The number of rotatable bonds is 6. The first-order valence-electron chi connectivity index (χ1n) is 4.43. The molecular formula is C7H15N5O4. The summed E-state index contributed by atoms with van der Waals surface area (Å²) in [6.07, 6.45) is 0.0130. The van der Waals surface area contributed by atoms with Crippen LogP contribution in [0.3, 0.4) is 0 Å². The molecule has 16 heavy (non-hydrogen) atoms. The summed E-state index contributed by atoms with van der Waals surface area (Å²) in [7, 11) is 1.12. The smallest absolute Gasteiger partial charge is 0.346 e. The summed E-state index contributed by atoms with van der Waals surface area (Å²) < 4.78 is 4.43. The summed E-state index contributed by atoms with van der Waals surface area (Å²) in [5, 5.41) is 19.3. The highest BCUT2D eigenvalue weighted by atomic mass is 16.6. The Labute approximate surface area is 91.8 Å². The van der Waals surface area contributed by atoms with Crippen molar-refractivity contribution in [2.75, 3.05) is 13.7 Å². The van der Waals surface area contributed by atoms with Crippen molar-refractivity contribution in [1.29, 1.82) is 5.41 Å². The van der Waals surface area contributed by atoms with Crippen LogP contribution in [-0.4, -0.2) is 36.2 Å². The third-order valence-corrected chi connectivity index (χ3v) is 1.82. The van der Waals surface area contributed by atoms with Crippen molar-refractivity contribution in [3.8, 4) is 0 Å². The highest BCUT2D eigenvalue weighted by molar-refractivity contribution is 5.86. The Kier molecular flexibility index (Phi) is 5.16. The Hall–Kier alpha value is -1.90. The zero-order valence-corrected chi connectivity index (χ0v) is 8.86. The van der Waals surface area contributed by atoms with Gasteiger partial charge in [-0.1, -0.05) is 0 Å². The minimum absolute atomic E-state index is 0.0553. The van der Waals surface area contributed by atoms with E-state index in [0.717, 1.165) is 7.11 Å². The second kappa shape index (κ2) is 5.85. The fraction of sp³-hybridized carbons (Fsp3) is 0.714. The third-order valence-electron chi connectivity index (χ3n) is 1.82. The largest absolute Gasteiger partial charge is 0.466 e. The molecule has 0 aromatic heterocycles. The molecule has 0 aliphatic carbocycles. The van der Waals surface area contributed by atoms with Gasteiger partial charge >= 0.3 is 5.97 Å². The molecule has 0 fully saturated rings. The van der Waals surface area contributed by atoms with Crippen LogP contribution in [0, 0.1) is 15.5 Å². The van der Waals surface area contributed by atoms with E-state index in [1.54, 1.807) is 0 Å². The van der Waals surface area contributed by atoms with Crippen molar-refractivity contribution >= 4 is 11.9 Å². The molecule has 0 radical (unpaired) electrons. The summed E-state index contributed by atoms with van der Waals surface area (Å²) in [5.41, 5.74) is 8.97. The van der Waals surface area contributed by atoms with Gasteiger partial charge in [-0.2, -0.15) is 0 Å². The van der Waals surface area contributed by atoms with Crippen molar-refractivity contribution < 1.29 is 14.5 Å². The molecular weight excluding hydrogens is 218 g/mol. The monoisotopic (exact) mass is 233 g/mol. The van der Waals surface area contributed by atoms with Crippen molar-refractivity contribution in [2.24, 2.45) is 11.5 Å². The van der Waals surface area contributed by atoms with E-state index in [1.807, 2.05) is 0 Å². The van der Waals surface area contributed by atoms with Crippen LogP contribution in [0.1, 0.15) is 12.8 Å². The lowest BCUT2D eigenvalue weighted by molar-refractivity contribution is -0.480. The first kappa shape index (κ1) is 14.1. The molecule has 9 nitrogen and oxygen atoms in total. The number of guanidine groups is 1. The van der Waals surface area contributed by atoms with Crippen LogP contribution in [0.5, 0.6) is 0 Å². The quantitative estimate of drug-likeness (QED) is 0.107. The maximum atomic E-state index is 11.3. The van der Waals surface area contributed by atoms with Gasteiger partial charge in [-0.05, 0) is 0 Å². The lowest BCUT2D eigenvalue weighted by Gasteiger charge is -2.27. The van der Waals surface area contributed by atoms with Crippen LogP contribution in [0.15, 0.2) is 0 Å². The molecule has 0 aromatic rings. The van der Waals surface area contributed by atoms with Crippen LogP contribution in [-0.2, 0) is 9.53 Å². The number of ether oxygens (including phenoxy) is 1. The fourth-order valence-electron chi connectivity index (χ4n) is 1.13. The SMILES string of the molecule is COC(=O)[C@](N)(CCC[N+](=O)[O-])NC(=N)N. The molecule has 0 saturated heterocycles. The molecule has 6 N–H and O–H groups in total. The molecule has 0 spiro atoms. The van der Waals surface area contributed by atoms with E-state index >= 15 is 0 Å². The molecule has 0 saturated carbocycles. The van der Waals surface area contributed by atoms with Crippen molar-refractivity contribution in [3.05, 3.63) is 10.1 Å². The topological polar surface area (TPSA) is 157 Å². The predicted molar refractivity (Wildman–Crippen MR) is 55.1 cm³/mol. The Morgan fingerprint density at radius 1 is 1.69 bits per heavy atom. The van der Waals surface area contributed by atoms with E-state index in [-0.39, 0.29) is 19.4 Å². The van der Waals surface area contributed by atoms with E-state index in [4.69, 9.17) is 16.9 Å². The van der Waals surface area contributed by atoms with Crippen molar-refractivity contribution in [1.82, 2.24) is 5.32 Å². The van der Waals surface area contributed by atoms with E-state index < -0.39 is 22.5 Å². The highest BCUT2D eigenvalue weighted by Crippen LogP contribution is 2.08. The van der Waals surface area contributed by atoms with E-state index in [1.165, 1.54) is 0 Å². The Bertz CT molecular complexity index is 295. The second-order valence-corrected chi connectivity index (χ2v) is 3.16. The minimum atomic E-state index is -1.70. The zero-order chi connectivity index (χ0) is 12.8. The average Bonchev–Trinajstić information content (AvgIpc) is 2.14. The van der Waals surface area contributed by atoms with E-state index in [0.29, 0.717) is 0 Å². The summed E-state index contributed by atoms with van der Waals surface area (Å²) in [6, 6.07) is 0. The Balaban J connectivity index is 4.47. The van der Waals surface area contributed by atoms with Gasteiger partial charge in [-0.15, -0.1) is 0 Å².